The molecular formula is C35H27Cl2F7N6O4. The lowest BCUT2D eigenvalue weighted by Crippen LogP contribution is -2.51. The van der Waals surface area contributed by atoms with E-state index in [1.165, 1.54) is 37.7 Å². The molecule has 6 aromatic rings. The van der Waals surface area contributed by atoms with Gasteiger partial charge in [-0.3, -0.25) is 0 Å². The fraction of sp³-hybridized carbons (Fsp3) is 0.200. The van der Waals surface area contributed by atoms with Crippen molar-refractivity contribution in [2.24, 2.45) is 14.1 Å². The van der Waals surface area contributed by atoms with Crippen molar-refractivity contribution in [2.45, 2.75) is 18.0 Å². The maximum atomic E-state index is 14.4. The van der Waals surface area contributed by atoms with E-state index in [1.54, 1.807) is 23.0 Å². The average molecular weight is 800 g/mol. The van der Waals surface area contributed by atoms with Gasteiger partial charge in [-0.05, 0) is 59.7 Å². The second-order valence-electron chi connectivity index (χ2n) is 11.5. The lowest BCUT2D eigenvalue weighted by atomic mass is 10.0. The van der Waals surface area contributed by atoms with Crippen molar-refractivity contribution in [3.05, 3.63) is 119 Å². The summed E-state index contributed by atoms with van der Waals surface area (Å²) in [6, 6.07) is 14.7. The Kier molecular flexibility index (Phi) is 11.1. The molecule has 0 aliphatic heterocycles. The maximum Gasteiger partial charge on any atom is 0.437 e. The zero-order chi connectivity index (χ0) is 39.7. The van der Waals surface area contributed by atoms with Crippen molar-refractivity contribution in [1.29, 1.82) is 0 Å². The lowest BCUT2D eigenvalue weighted by Gasteiger charge is -2.30. The van der Waals surface area contributed by atoms with E-state index in [1.807, 2.05) is 42.2 Å². The Morgan fingerprint density at radius 3 is 1.52 bits per heavy atom. The van der Waals surface area contributed by atoms with Gasteiger partial charge in [0.25, 0.3) is 0 Å². The molecule has 0 radical (unpaired) electrons. The van der Waals surface area contributed by atoms with Gasteiger partial charge < -0.3 is 18.6 Å². The normalized spacial score (nSPS) is 11.9. The quantitative estimate of drug-likeness (QED) is 0.118. The van der Waals surface area contributed by atoms with Gasteiger partial charge in [0.1, 0.15) is 11.6 Å². The van der Waals surface area contributed by atoms with Crippen LogP contribution in [0.4, 0.5) is 30.7 Å². The Morgan fingerprint density at radius 2 is 1.11 bits per heavy atom. The van der Waals surface area contributed by atoms with Crippen LogP contribution in [0.15, 0.2) is 91.6 Å². The minimum absolute atomic E-state index is 0.0399. The fourth-order valence-electron chi connectivity index (χ4n) is 5.35. The first-order chi connectivity index (χ1) is 25.3. The van der Waals surface area contributed by atoms with Crippen LogP contribution in [0.2, 0.25) is 10.0 Å². The number of hydrogen-bond donors (Lipinski definition) is 0. The van der Waals surface area contributed by atoms with E-state index in [0.29, 0.717) is 32.3 Å². The number of hydrogen-bond acceptors (Lipinski definition) is 6. The molecule has 0 saturated carbocycles. The van der Waals surface area contributed by atoms with E-state index in [-0.39, 0.29) is 16.4 Å². The number of halogens is 9. The molecule has 0 N–H and O–H groups in total. The van der Waals surface area contributed by atoms with Gasteiger partial charge >= 0.3 is 30.0 Å². The molecule has 2 aromatic carbocycles. The number of rotatable bonds is 7. The van der Waals surface area contributed by atoms with Gasteiger partial charge in [-0.1, -0.05) is 35.3 Å². The second-order valence-corrected chi connectivity index (χ2v) is 12.3. The Hall–Kier alpha value is -5.55. The largest absolute Gasteiger partial charge is 0.465 e. The SMILES string of the molecule is COC(=O)c1cc(-c2cnn(-c3ccc(C(F)(C(F)(F)F)C(F)(F)F)n3C)c2)ccc1Cl.COC(=O)c1cc(-c2cnn(-c3cccn3C)c2)ccc1Cl. The first kappa shape index (κ1) is 39.7. The molecule has 4 heterocycles. The zero-order valence-electron chi connectivity index (χ0n) is 28.4. The summed E-state index contributed by atoms with van der Waals surface area (Å²) in [6.07, 6.45) is -4.34. The van der Waals surface area contributed by atoms with Crippen LogP contribution < -0.4 is 0 Å². The van der Waals surface area contributed by atoms with Gasteiger partial charge in [-0.25, -0.2) is 23.3 Å². The molecule has 0 fully saturated rings. The van der Waals surface area contributed by atoms with Crippen molar-refractivity contribution in [1.82, 2.24) is 28.7 Å². The molecule has 0 amide bonds. The van der Waals surface area contributed by atoms with Gasteiger partial charge in [-0.15, -0.1) is 0 Å². The first-order valence-corrected chi connectivity index (χ1v) is 16.0. The van der Waals surface area contributed by atoms with E-state index in [0.717, 1.165) is 41.9 Å². The predicted molar refractivity (Wildman–Crippen MR) is 184 cm³/mol. The van der Waals surface area contributed by atoms with Crippen molar-refractivity contribution in [3.8, 4) is 33.9 Å². The molecule has 0 aliphatic rings. The molecule has 10 nitrogen and oxygen atoms in total. The summed E-state index contributed by atoms with van der Waals surface area (Å²) in [5.74, 6) is -0.478. The topological polar surface area (TPSA) is 98.1 Å². The van der Waals surface area contributed by atoms with E-state index >= 15 is 0 Å². The van der Waals surface area contributed by atoms with Crippen LogP contribution in [0.3, 0.4) is 0 Å². The molecule has 54 heavy (non-hydrogen) atoms. The highest BCUT2D eigenvalue weighted by molar-refractivity contribution is 6.34. The van der Waals surface area contributed by atoms with Gasteiger partial charge in [0, 0.05) is 43.8 Å². The molecule has 0 unspecified atom stereocenters. The number of carbonyl (C=O) groups is 2. The fourth-order valence-corrected chi connectivity index (χ4v) is 5.74. The van der Waals surface area contributed by atoms with E-state index in [4.69, 9.17) is 27.9 Å². The molecule has 4 aromatic heterocycles. The number of alkyl halides is 7. The zero-order valence-corrected chi connectivity index (χ0v) is 29.9. The van der Waals surface area contributed by atoms with Crippen LogP contribution >= 0.6 is 23.2 Å². The minimum atomic E-state index is -6.24. The number of ether oxygens (including phenoxy) is 2. The van der Waals surface area contributed by atoms with Gasteiger partial charge in [0.05, 0.1) is 53.5 Å². The number of esters is 2. The Balaban J connectivity index is 0.000000222. The van der Waals surface area contributed by atoms with Gasteiger partial charge in [0.2, 0.25) is 0 Å². The number of aromatic nitrogens is 6. The van der Waals surface area contributed by atoms with Crippen LogP contribution in [0.5, 0.6) is 0 Å². The van der Waals surface area contributed by atoms with Crippen LogP contribution in [0, 0.1) is 0 Å². The highest BCUT2D eigenvalue weighted by atomic mass is 35.5. The summed E-state index contributed by atoms with van der Waals surface area (Å²) in [4.78, 5) is 23.5. The molecule has 0 bridgehead atoms. The molecule has 0 spiro atoms. The summed E-state index contributed by atoms with van der Waals surface area (Å²) in [6.45, 7) is 0. The van der Waals surface area contributed by atoms with Crippen molar-refractivity contribution < 1.29 is 49.8 Å². The molecule has 19 heteroatoms. The summed E-state index contributed by atoms with van der Waals surface area (Å²) < 4.78 is 107. The third kappa shape index (κ3) is 7.45. The van der Waals surface area contributed by atoms with Crippen LogP contribution in [0.1, 0.15) is 26.4 Å². The minimum Gasteiger partial charge on any atom is -0.465 e. The summed E-state index contributed by atoms with van der Waals surface area (Å²) in [7, 11) is 5.30. The average Bonchev–Trinajstić information content (AvgIpc) is 3.95. The predicted octanol–water partition coefficient (Wildman–Crippen LogP) is 8.93. The third-order valence-corrected chi connectivity index (χ3v) is 8.85. The smallest absolute Gasteiger partial charge is 0.437 e. The number of nitrogens with zero attached hydrogens (tertiary/aromatic N) is 6. The molecule has 0 aliphatic carbocycles. The molecular weight excluding hydrogens is 772 g/mol. The maximum absolute atomic E-state index is 14.4. The standard InChI is InChI=1S/C19H13ClF7N3O2.C16H14ClN3O2/c1-29-14(17(21,18(22,23)24)19(25,26)27)5-6-15(29)30-9-11(8-28-30)10-3-4-13(20)12(7-10)16(31)32-2;1-19-7-3-4-15(19)20-10-12(9-18-20)11-5-6-14(17)13(8-11)16(21)22-2/h3-9H,1-2H3;3-10H,1-2H3. The lowest BCUT2D eigenvalue weighted by molar-refractivity contribution is -0.350. The van der Waals surface area contributed by atoms with Gasteiger partial charge in [-0.2, -0.15) is 36.5 Å². The number of methoxy groups -OCH3 is 2. The third-order valence-electron chi connectivity index (χ3n) is 8.19. The van der Waals surface area contributed by atoms with E-state index < -0.39 is 35.7 Å². The first-order valence-electron chi connectivity index (χ1n) is 15.3. The monoisotopic (exact) mass is 798 g/mol. The Morgan fingerprint density at radius 1 is 0.648 bits per heavy atom. The summed E-state index contributed by atoms with van der Waals surface area (Å²) >= 11 is 12.0. The molecule has 0 saturated heterocycles. The highest BCUT2D eigenvalue weighted by Gasteiger charge is 2.74. The van der Waals surface area contributed by atoms with E-state index in [9.17, 15) is 40.3 Å². The van der Waals surface area contributed by atoms with Gasteiger partial charge in [0.15, 0.2) is 0 Å². The van der Waals surface area contributed by atoms with Crippen molar-refractivity contribution in [2.75, 3.05) is 14.2 Å². The number of aryl methyl sites for hydroxylation is 1. The molecule has 284 valence electrons. The Bertz CT molecular complexity index is 2310. The van der Waals surface area contributed by atoms with Crippen LogP contribution in [0.25, 0.3) is 33.9 Å². The number of benzene rings is 2. The summed E-state index contributed by atoms with van der Waals surface area (Å²) in [5, 5.41) is 8.76. The van der Waals surface area contributed by atoms with Crippen LogP contribution in [-0.4, -0.2) is 67.2 Å². The highest BCUT2D eigenvalue weighted by Crippen LogP contribution is 2.53. The number of carbonyl (C=O) groups excluding carboxylic acids is 2. The molecule has 6 rings (SSSR count). The van der Waals surface area contributed by atoms with Crippen molar-refractivity contribution >= 4 is 35.1 Å². The molecule has 0 atom stereocenters. The Labute approximate surface area is 311 Å². The van der Waals surface area contributed by atoms with Crippen LogP contribution in [-0.2, 0) is 29.2 Å². The summed E-state index contributed by atoms with van der Waals surface area (Å²) in [5.41, 5.74) is -4.33. The second kappa shape index (κ2) is 15.1. The van der Waals surface area contributed by atoms with Crippen molar-refractivity contribution in [3.63, 3.8) is 0 Å². The van der Waals surface area contributed by atoms with E-state index in [2.05, 4.69) is 14.9 Å².